The van der Waals surface area contributed by atoms with E-state index in [2.05, 4.69) is 20.4 Å². The third-order valence-corrected chi connectivity index (χ3v) is 5.46. The van der Waals surface area contributed by atoms with Gasteiger partial charge >= 0.3 is 0 Å². The molecular weight excluding hydrogens is 308 g/mol. The lowest BCUT2D eigenvalue weighted by atomic mass is 10.1. The number of hydrogen-bond donors (Lipinski definition) is 1. The van der Waals surface area contributed by atoms with Crippen LogP contribution in [0.5, 0.6) is 0 Å². The molecule has 1 aliphatic heterocycles. The molecule has 0 bridgehead atoms. The van der Waals surface area contributed by atoms with Crippen LogP contribution in [0.1, 0.15) is 49.9 Å². The number of ether oxygens (including phenoxy) is 1. The van der Waals surface area contributed by atoms with E-state index >= 15 is 0 Å². The predicted molar refractivity (Wildman–Crippen MR) is 86.1 cm³/mol. The summed E-state index contributed by atoms with van der Waals surface area (Å²) in [5, 5.41) is 7.17. The van der Waals surface area contributed by atoms with E-state index in [1.807, 2.05) is 6.92 Å². The van der Waals surface area contributed by atoms with Crippen molar-refractivity contribution in [2.45, 2.75) is 57.2 Å². The molecule has 24 heavy (non-hydrogen) atoms. The van der Waals surface area contributed by atoms with Crippen molar-refractivity contribution in [3.05, 3.63) is 11.7 Å². The minimum atomic E-state index is -0.0396. The van der Waals surface area contributed by atoms with Gasteiger partial charge in [-0.2, -0.15) is 4.98 Å². The summed E-state index contributed by atoms with van der Waals surface area (Å²) in [5.74, 6) is 2.73. The summed E-state index contributed by atoms with van der Waals surface area (Å²) in [6.07, 6.45) is 5.93. The van der Waals surface area contributed by atoms with Gasteiger partial charge in [0.15, 0.2) is 5.82 Å². The van der Waals surface area contributed by atoms with Crippen molar-refractivity contribution in [2.24, 2.45) is 11.8 Å². The fraction of sp³-hybridized carbons (Fsp3) is 0.824. The molecule has 2 heterocycles. The van der Waals surface area contributed by atoms with Crippen molar-refractivity contribution >= 4 is 5.91 Å². The number of nitrogens with zero attached hydrogens (tertiary/aromatic N) is 3. The zero-order valence-electron chi connectivity index (χ0n) is 14.4. The van der Waals surface area contributed by atoms with Gasteiger partial charge in [0.2, 0.25) is 11.8 Å². The third-order valence-electron chi connectivity index (χ3n) is 5.46. The molecule has 2 atom stereocenters. The Morgan fingerprint density at radius 3 is 2.62 bits per heavy atom. The Hall–Kier alpha value is -1.47. The normalized spacial score (nSPS) is 27.8. The van der Waals surface area contributed by atoms with Crippen LogP contribution in [0, 0.1) is 18.8 Å². The topological polar surface area (TPSA) is 80.5 Å². The van der Waals surface area contributed by atoms with Gasteiger partial charge in [-0.05, 0) is 50.9 Å². The summed E-state index contributed by atoms with van der Waals surface area (Å²) in [5.41, 5.74) is 0. The van der Waals surface area contributed by atoms with E-state index in [-0.39, 0.29) is 18.1 Å². The standard InChI is InChI=1S/C17H26N4O3/c1-10-18-17(24-20-10)14-7-13(23-2)8-21(14)9-15(22)19-16(11-3-4-11)12-5-6-12/h11-14,16H,3-9H2,1-2H3,(H,19,22)/t13-,14-/m1/s1. The maximum absolute atomic E-state index is 12.6. The Labute approximate surface area is 142 Å². The van der Waals surface area contributed by atoms with Gasteiger partial charge in [-0.25, -0.2) is 0 Å². The van der Waals surface area contributed by atoms with Gasteiger partial charge in [-0.1, -0.05) is 5.16 Å². The second-order valence-electron chi connectivity index (χ2n) is 7.49. The van der Waals surface area contributed by atoms with Gasteiger partial charge in [-0.15, -0.1) is 0 Å². The van der Waals surface area contributed by atoms with E-state index in [1.165, 1.54) is 25.7 Å². The first-order chi connectivity index (χ1) is 11.6. The molecule has 2 aliphatic carbocycles. The van der Waals surface area contributed by atoms with Crippen LogP contribution < -0.4 is 5.32 Å². The van der Waals surface area contributed by atoms with Crippen molar-refractivity contribution in [1.82, 2.24) is 20.4 Å². The van der Waals surface area contributed by atoms with E-state index in [1.54, 1.807) is 7.11 Å². The van der Waals surface area contributed by atoms with Crippen molar-refractivity contribution in [2.75, 3.05) is 20.2 Å². The maximum Gasteiger partial charge on any atom is 0.244 e. The highest BCUT2D eigenvalue weighted by molar-refractivity contribution is 5.78. The molecule has 132 valence electrons. The van der Waals surface area contributed by atoms with Gasteiger partial charge in [0.1, 0.15) is 0 Å². The number of methoxy groups -OCH3 is 1. The zero-order valence-corrected chi connectivity index (χ0v) is 14.4. The summed E-state index contributed by atoms with van der Waals surface area (Å²) in [4.78, 5) is 19.0. The van der Waals surface area contributed by atoms with E-state index in [0.29, 0.717) is 42.7 Å². The average Bonchev–Trinajstić information content (AvgIpc) is 3.48. The molecule has 1 saturated heterocycles. The summed E-state index contributed by atoms with van der Waals surface area (Å²) in [6, 6.07) is 0.352. The number of aryl methyl sites for hydroxylation is 1. The van der Waals surface area contributed by atoms with Crippen molar-refractivity contribution in [3.8, 4) is 0 Å². The Bertz CT molecular complexity index is 584. The molecule has 0 aromatic carbocycles. The Morgan fingerprint density at radius 1 is 1.38 bits per heavy atom. The van der Waals surface area contributed by atoms with Crippen LogP contribution in [-0.4, -0.2) is 53.3 Å². The molecule has 0 spiro atoms. The molecule has 4 rings (SSSR count). The number of hydrogen-bond acceptors (Lipinski definition) is 6. The highest BCUT2D eigenvalue weighted by Gasteiger charge is 2.43. The SMILES string of the molecule is CO[C@@H]1C[C@H](c2nc(C)no2)N(CC(=O)NC(C2CC2)C2CC2)C1. The Kier molecular flexibility index (Phi) is 4.30. The van der Waals surface area contributed by atoms with Crippen LogP contribution in [0.3, 0.4) is 0 Å². The van der Waals surface area contributed by atoms with Crippen LogP contribution in [0.25, 0.3) is 0 Å². The fourth-order valence-corrected chi connectivity index (χ4v) is 3.86. The number of aromatic nitrogens is 2. The van der Waals surface area contributed by atoms with E-state index in [4.69, 9.17) is 9.26 Å². The van der Waals surface area contributed by atoms with Crippen molar-refractivity contribution in [1.29, 1.82) is 0 Å². The minimum absolute atomic E-state index is 0.0396. The molecule has 1 amide bonds. The molecule has 7 heteroatoms. The van der Waals surface area contributed by atoms with Gasteiger partial charge in [0.25, 0.3) is 0 Å². The number of likely N-dealkylation sites (tertiary alicyclic amines) is 1. The van der Waals surface area contributed by atoms with Crippen LogP contribution in [0.4, 0.5) is 0 Å². The summed E-state index contributed by atoms with van der Waals surface area (Å²) in [7, 11) is 1.71. The summed E-state index contributed by atoms with van der Waals surface area (Å²) in [6.45, 7) is 2.89. The summed E-state index contributed by atoms with van der Waals surface area (Å²) < 4.78 is 10.8. The molecule has 3 aliphatic rings. The number of carbonyl (C=O) groups excluding carboxylic acids is 1. The Morgan fingerprint density at radius 2 is 2.08 bits per heavy atom. The number of carbonyl (C=O) groups is 1. The molecule has 3 fully saturated rings. The lowest BCUT2D eigenvalue weighted by Gasteiger charge is -2.23. The minimum Gasteiger partial charge on any atom is -0.380 e. The molecular formula is C17H26N4O3. The van der Waals surface area contributed by atoms with Gasteiger partial charge in [0.05, 0.1) is 18.7 Å². The van der Waals surface area contributed by atoms with Gasteiger partial charge < -0.3 is 14.6 Å². The molecule has 7 nitrogen and oxygen atoms in total. The first kappa shape index (κ1) is 16.0. The number of rotatable bonds is 7. The van der Waals surface area contributed by atoms with Crippen LogP contribution in [-0.2, 0) is 9.53 Å². The summed E-state index contributed by atoms with van der Waals surface area (Å²) >= 11 is 0. The molecule has 1 aromatic rings. The van der Waals surface area contributed by atoms with E-state index in [0.717, 1.165) is 6.42 Å². The monoisotopic (exact) mass is 334 g/mol. The van der Waals surface area contributed by atoms with Crippen molar-refractivity contribution < 1.29 is 14.1 Å². The van der Waals surface area contributed by atoms with Crippen LogP contribution in [0.15, 0.2) is 4.52 Å². The first-order valence-electron chi connectivity index (χ1n) is 9.00. The zero-order chi connectivity index (χ0) is 16.7. The third kappa shape index (κ3) is 3.47. The number of amides is 1. The lowest BCUT2D eigenvalue weighted by Crippen LogP contribution is -2.44. The predicted octanol–water partition coefficient (Wildman–Crippen LogP) is 1.44. The highest BCUT2D eigenvalue weighted by Crippen LogP contribution is 2.44. The van der Waals surface area contributed by atoms with Gasteiger partial charge in [-0.3, -0.25) is 9.69 Å². The highest BCUT2D eigenvalue weighted by atomic mass is 16.5. The first-order valence-corrected chi connectivity index (χ1v) is 9.00. The van der Waals surface area contributed by atoms with Crippen molar-refractivity contribution in [3.63, 3.8) is 0 Å². The fourth-order valence-electron chi connectivity index (χ4n) is 3.86. The second-order valence-corrected chi connectivity index (χ2v) is 7.49. The lowest BCUT2D eigenvalue weighted by molar-refractivity contribution is -0.123. The molecule has 1 aromatic heterocycles. The van der Waals surface area contributed by atoms with E-state index < -0.39 is 0 Å². The average molecular weight is 334 g/mol. The van der Waals surface area contributed by atoms with Gasteiger partial charge in [0, 0.05) is 19.7 Å². The number of nitrogens with one attached hydrogen (secondary N) is 1. The quantitative estimate of drug-likeness (QED) is 0.813. The van der Waals surface area contributed by atoms with Crippen LogP contribution in [0.2, 0.25) is 0 Å². The smallest absolute Gasteiger partial charge is 0.244 e. The molecule has 0 unspecified atom stereocenters. The molecule has 0 radical (unpaired) electrons. The molecule has 2 saturated carbocycles. The Balaban J connectivity index is 1.40. The second kappa shape index (κ2) is 6.44. The molecule has 1 N–H and O–H groups in total. The maximum atomic E-state index is 12.6. The van der Waals surface area contributed by atoms with E-state index in [9.17, 15) is 4.79 Å². The van der Waals surface area contributed by atoms with Crippen LogP contribution >= 0.6 is 0 Å². The largest absolute Gasteiger partial charge is 0.380 e.